The summed E-state index contributed by atoms with van der Waals surface area (Å²) >= 11 is 1.51. The first-order chi connectivity index (χ1) is 15.2. The lowest BCUT2D eigenvalue weighted by molar-refractivity contribution is -0.120. The Hall–Kier alpha value is -2.71. The van der Waals surface area contributed by atoms with E-state index in [0.29, 0.717) is 5.52 Å². The van der Waals surface area contributed by atoms with Crippen molar-refractivity contribution in [1.29, 1.82) is 0 Å². The van der Waals surface area contributed by atoms with Gasteiger partial charge in [-0.2, -0.15) is 0 Å². The highest BCUT2D eigenvalue weighted by atomic mass is 32.1. The molecule has 1 aromatic heterocycles. The van der Waals surface area contributed by atoms with E-state index in [2.05, 4.69) is 32.2 Å². The zero-order valence-electron chi connectivity index (χ0n) is 17.2. The van der Waals surface area contributed by atoms with E-state index in [0.717, 1.165) is 73.4 Å². The third-order valence-electron chi connectivity index (χ3n) is 6.01. The van der Waals surface area contributed by atoms with Gasteiger partial charge in [-0.05, 0) is 49.2 Å². The van der Waals surface area contributed by atoms with E-state index in [4.69, 9.17) is 4.74 Å². The molecule has 2 aliphatic heterocycles. The topological polar surface area (TPSA) is 57.7 Å². The molecule has 2 saturated heterocycles. The van der Waals surface area contributed by atoms with E-state index >= 15 is 0 Å². The van der Waals surface area contributed by atoms with Crippen molar-refractivity contribution in [1.82, 2.24) is 4.98 Å². The van der Waals surface area contributed by atoms with Gasteiger partial charge in [-0.1, -0.05) is 17.4 Å². The Labute approximate surface area is 184 Å². The Kier molecular flexibility index (Phi) is 5.74. The van der Waals surface area contributed by atoms with Crippen molar-refractivity contribution in [2.45, 2.75) is 12.8 Å². The summed E-state index contributed by atoms with van der Waals surface area (Å²) in [5.74, 6) is -0.246. The number of nitrogens with zero attached hydrogens (tertiary/aromatic N) is 3. The van der Waals surface area contributed by atoms with Crippen molar-refractivity contribution < 1.29 is 13.9 Å². The second-order valence-electron chi connectivity index (χ2n) is 7.98. The largest absolute Gasteiger partial charge is 0.378 e. The molecule has 0 atom stereocenters. The molecule has 2 aromatic carbocycles. The van der Waals surface area contributed by atoms with Gasteiger partial charge < -0.3 is 19.9 Å². The van der Waals surface area contributed by atoms with Crippen molar-refractivity contribution in [3.05, 3.63) is 48.3 Å². The van der Waals surface area contributed by atoms with Crippen LogP contribution in [0.15, 0.2) is 42.5 Å². The Morgan fingerprint density at radius 2 is 1.77 bits per heavy atom. The number of para-hydroxylation sites is 1. The fourth-order valence-corrected chi connectivity index (χ4v) is 5.22. The number of benzene rings is 2. The maximum Gasteiger partial charge on any atom is 0.227 e. The summed E-state index contributed by atoms with van der Waals surface area (Å²) in [6.45, 7) is 4.79. The molecule has 5 rings (SSSR count). The van der Waals surface area contributed by atoms with E-state index in [1.165, 1.54) is 17.4 Å². The number of piperidine rings is 1. The first-order valence-electron chi connectivity index (χ1n) is 10.7. The maximum absolute atomic E-state index is 13.9. The van der Waals surface area contributed by atoms with Crippen LogP contribution in [0.2, 0.25) is 0 Å². The molecular formula is C23H25FN4O2S. The molecule has 0 bridgehead atoms. The van der Waals surface area contributed by atoms with E-state index in [9.17, 15) is 9.18 Å². The van der Waals surface area contributed by atoms with Crippen LogP contribution in [0.1, 0.15) is 12.8 Å². The minimum Gasteiger partial charge on any atom is -0.378 e. The second kappa shape index (κ2) is 8.80. The summed E-state index contributed by atoms with van der Waals surface area (Å²) in [6.07, 6.45) is 1.52. The lowest BCUT2D eigenvalue weighted by Gasteiger charge is -2.31. The van der Waals surface area contributed by atoms with Crippen LogP contribution in [0.25, 0.3) is 10.2 Å². The number of ether oxygens (including phenoxy) is 1. The average Bonchev–Trinajstić information content (AvgIpc) is 3.26. The van der Waals surface area contributed by atoms with Crippen molar-refractivity contribution >= 4 is 44.0 Å². The minimum absolute atomic E-state index is 0.0266. The molecular weight excluding hydrogens is 415 g/mol. The molecule has 3 heterocycles. The van der Waals surface area contributed by atoms with Crippen LogP contribution in [0.3, 0.4) is 0 Å². The summed E-state index contributed by atoms with van der Waals surface area (Å²) < 4.78 is 20.2. The molecule has 2 fully saturated rings. The number of hydrogen-bond acceptors (Lipinski definition) is 6. The number of rotatable bonds is 4. The molecule has 1 amide bonds. The van der Waals surface area contributed by atoms with E-state index in [1.807, 2.05) is 18.2 Å². The van der Waals surface area contributed by atoms with Crippen LogP contribution in [-0.2, 0) is 9.53 Å². The number of carbonyl (C=O) groups is 1. The first-order valence-corrected chi connectivity index (χ1v) is 11.5. The minimum atomic E-state index is -0.283. The fourth-order valence-electron chi connectivity index (χ4n) is 4.19. The highest BCUT2D eigenvalue weighted by Crippen LogP contribution is 2.33. The molecule has 0 radical (unpaired) electrons. The molecule has 0 spiro atoms. The normalized spacial score (nSPS) is 17.8. The van der Waals surface area contributed by atoms with E-state index < -0.39 is 0 Å². The zero-order valence-corrected chi connectivity index (χ0v) is 18.0. The number of aromatic nitrogens is 1. The number of halogens is 1. The number of carbonyl (C=O) groups excluding carboxylic acids is 1. The van der Waals surface area contributed by atoms with Gasteiger partial charge in [0.2, 0.25) is 5.91 Å². The number of anilines is 3. The number of hydrogen-bond donors (Lipinski definition) is 1. The molecule has 6 nitrogen and oxygen atoms in total. The standard InChI is InChI=1S/C23H25FN4O2S/c24-19-2-1-3-20-21(19)26-23(31-20)28-10-8-16(9-11-28)22(29)25-17-4-6-18(7-5-17)27-12-14-30-15-13-27/h1-7,16H,8-15H2,(H,25,29). The molecule has 31 heavy (non-hydrogen) atoms. The molecule has 3 aromatic rings. The molecule has 1 N–H and O–H groups in total. The van der Waals surface area contributed by atoms with E-state index in [-0.39, 0.29) is 17.6 Å². The maximum atomic E-state index is 13.9. The highest BCUT2D eigenvalue weighted by molar-refractivity contribution is 7.22. The summed E-state index contributed by atoms with van der Waals surface area (Å²) in [5, 5.41) is 3.89. The van der Waals surface area contributed by atoms with Crippen LogP contribution >= 0.6 is 11.3 Å². The predicted octanol–water partition coefficient (Wildman–Crippen LogP) is 4.13. The Morgan fingerprint density at radius 3 is 2.48 bits per heavy atom. The average molecular weight is 441 g/mol. The SMILES string of the molecule is O=C(Nc1ccc(N2CCOCC2)cc1)C1CCN(c2nc3c(F)cccc3s2)CC1. The summed E-state index contributed by atoms with van der Waals surface area (Å²) in [7, 11) is 0. The summed E-state index contributed by atoms with van der Waals surface area (Å²) in [6, 6.07) is 13.1. The van der Waals surface area contributed by atoms with Crippen LogP contribution in [0.5, 0.6) is 0 Å². The smallest absolute Gasteiger partial charge is 0.227 e. The van der Waals surface area contributed by atoms with Gasteiger partial charge in [0.05, 0.1) is 17.9 Å². The number of nitrogens with one attached hydrogen (secondary N) is 1. The van der Waals surface area contributed by atoms with Crippen molar-refractivity contribution in [2.24, 2.45) is 5.92 Å². The van der Waals surface area contributed by atoms with Crippen LogP contribution in [0.4, 0.5) is 20.9 Å². The van der Waals surface area contributed by atoms with Gasteiger partial charge in [0.25, 0.3) is 0 Å². The molecule has 0 saturated carbocycles. The number of morpholine rings is 1. The quantitative estimate of drug-likeness (QED) is 0.661. The van der Waals surface area contributed by atoms with Gasteiger partial charge in [0.1, 0.15) is 11.3 Å². The number of thiazole rings is 1. The van der Waals surface area contributed by atoms with Crippen LogP contribution < -0.4 is 15.1 Å². The highest BCUT2D eigenvalue weighted by Gasteiger charge is 2.27. The first kappa shape index (κ1) is 20.2. The second-order valence-corrected chi connectivity index (χ2v) is 8.99. The third kappa shape index (κ3) is 4.36. The number of fused-ring (bicyclic) bond motifs is 1. The van der Waals surface area contributed by atoms with E-state index in [1.54, 1.807) is 6.07 Å². The molecule has 0 aliphatic carbocycles. The zero-order chi connectivity index (χ0) is 21.2. The summed E-state index contributed by atoms with van der Waals surface area (Å²) in [4.78, 5) is 21.7. The monoisotopic (exact) mass is 440 g/mol. The van der Waals surface area contributed by atoms with Crippen LogP contribution in [-0.4, -0.2) is 50.3 Å². The Morgan fingerprint density at radius 1 is 1.03 bits per heavy atom. The van der Waals surface area contributed by atoms with Crippen molar-refractivity contribution in [3.8, 4) is 0 Å². The Balaban J connectivity index is 1.16. The van der Waals surface area contributed by atoms with Gasteiger partial charge in [0.15, 0.2) is 5.13 Å². The molecule has 162 valence electrons. The predicted molar refractivity (Wildman–Crippen MR) is 123 cm³/mol. The Bertz CT molecular complexity index is 1060. The van der Waals surface area contributed by atoms with Gasteiger partial charge >= 0.3 is 0 Å². The van der Waals surface area contributed by atoms with Crippen molar-refractivity contribution in [3.63, 3.8) is 0 Å². The van der Waals surface area contributed by atoms with Gasteiger partial charge in [-0.15, -0.1) is 0 Å². The number of amides is 1. The van der Waals surface area contributed by atoms with Gasteiger partial charge in [-0.3, -0.25) is 4.79 Å². The van der Waals surface area contributed by atoms with Crippen molar-refractivity contribution in [2.75, 3.05) is 54.5 Å². The lowest BCUT2D eigenvalue weighted by atomic mass is 9.96. The lowest BCUT2D eigenvalue weighted by Crippen LogP contribution is -2.38. The fraction of sp³-hybridized carbons (Fsp3) is 0.391. The van der Waals surface area contributed by atoms with Gasteiger partial charge in [-0.25, -0.2) is 9.37 Å². The third-order valence-corrected chi connectivity index (χ3v) is 7.09. The molecule has 8 heteroatoms. The van der Waals surface area contributed by atoms with Crippen LogP contribution in [0, 0.1) is 11.7 Å². The molecule has 2 aliphatic rings. The molecule has 0 unspecified atom stereocenters. The van der Waals surface area contributed by atoms with Gasteiger partial charge in [0, 0.05) is 43.5 Å². The summed E-state index contributed by atoms with van der Waals surface area (Å²) in [5.41, 5.74) is 2.41.